The highest BCUT2D eigenvalue weighted by Gasteiger charge is 2.29. The van der Waals surface area contributed by atoms with Gasteiger partial charge < -0.3 is 20.7 Å². The molecule has 2 atom stereocenters. The molecule has 0 bridgehead atoms. The van der Waals surface area contributed by atoms with Crippen molar-refractivity contribution >= 4 is 11.8 Å². The largest absolute Gasteiger partial charge is 0.378 e. The maximum atomic E-state index is 12.4. The van der Waals surface area contributed by atoms with Crippen molar-refractivity contribution in [1.82, 2.24) is 10.2 Å². The summed E-state index contributed by atoms with van der Waals surface area (Å²) in [6.45, 7) is 2.47. The van der Waals surface area contributed by atoms with Crippen molar-refractivity contribution < 1.29 is 14.3 Å². The van der Waals surface area contributed by atoms with Crippen LogP contribution in [-0.4, -0.2) is 55.1 Å². The van der Waals surface area contributed by atoms with Gasteiger partial charge in [0.2, 0.25) is 11.8 Å². The Bertz CT molecular complexity index is 356. The lowest BCUT2D eigenvalue weighted by Gasteiger charge is -2.36. The lowest BCUT2D eigenvalue weighted by molar-refractivity contribution is -0.137. The first kappa shape index (κ1) is 16.2. The second-order valence-electron chi connectivity index (χ2n) is 5.92. The number of carbonyl (C=O) groups is 2. The van der Waals surface area contributed by atoms with Gasteiger partial charge in [-0.05, 0) is 32.1 Å². The standard InChI is InChI=1S/C15H27N3O3/c16-7-6-14(19)17-11-12-4-1-2-8-18(12)15(20)10-13-5-3-9-21-13/h12-13H,1-11,16H2,(H,17,19). The summed E-state index contributed by atoms with van der Waals surface area (Å²) in [7, 11) is 0. The summed E-state index contributed by atoms with van der Waals surface area (Å²) in [5.41, 5.74) is 5.37. The molecule has 0 aromatic rings. The maximum absolute atomic E-state index is 12.4. The average Bonchev–Trinajstić information content (AvgIpc) is 2.98. The second-order valence-corrected chi connectivity index (χ2v) is 5.92. The van der Waals surface area contributed by atoms with E-state index in [0.29, 0.717) is 25.9 Å². The highest BCUT2D eigenvalue weighted by atomic mass is 16.5. The Kier molecular flexibility index (Phi) is 6.45. The van der Waals surface area contributed by atoms with Gasteiger partial charge in [-0.25, -0.2) is 0 Å². The first-order valence-electron chi connectivity index (χ1n) is 8.08. The van der Waals surface area contributed by atoms with Crippen LogP contribution >= 0.6 is 0 Å². The fourth-order valence-electron chi connectivity index (χ4n) is 3.11. The third-order valence-electron chi connectivity index (χ3n) is 4.28. The third kappa shape index (κ3) is 4.97. The molecule has 2 fully saturated rings. The van der Waals surface area contributed by atoms with Crippen molar-refractivity contribution in [1.29, 1.82) is 0 Å². The van der Waals surface area contributed by atoms with Gasteiger partial charge in [-0.1, -0.05) is 0 Å². The van der Waals surface area contributed by atoms with Gasteiger partial charge in [0, 0.05) is 38.7 Å². The SMILES string of the molecule is NCCC(=O)NCC1CCCCN1C(=O)CC1CCCO1. The number of nitrogens with two attached hydrogens (primary N) is 1. The zero-order chi connectivity index (χ0) is 15.1. The number of hydrogen-bond donors (Lipinski definition) is 2. The van der Waals surface area contributed by atoms with Gasteiger partial charge in [-0.15, -0.1) is 0 Å². The molecule has 2 aliphatic heterocycles. The van der Waals surface area contributed by atoms with Crippen LogP contribution in [0, 0.1) is 0 Å². The molecule has 2 aliphatic rings. The van der Waals surface area contributed by atoms with Gasteiger partial charge in [-0.2, -0.15) is 0 Å². The summed E-state index contributed by atoms with van der Waals surface area (Å²) in [5, 5.41) is 2.89. The Morgan fingerprint density at radius 1 is 1.24 bits per heavy atom. The molecule has 0 radical (unpaired) electrons. The summed E-state index contributed by atoms with van der Waals surface area (Å²) >= 11 is 0. The lowest BCUT2D eigenvalue weighted by Crippen LogP contribution is -2.50. The van der Waals surface area contributed by atoms with E-state index in [1.165, 1.54) is 0 Å². The van der Waals surface area contributed by atoms with Gasteiger partial charge in [0.1, 0.15) is 0 Å². The molecule has 6 nitrogen and oxygen atoms in total. The van der Waals surface area contributed by atoms with Crippen LogP contribution < -0.4 is 11.1 Å². The highest BCUT2D eigenvalue weighted by Crippen LogP contribution is 2.21. The van der Waals surface area contributed by atoms with Crippen LogP contribution in [0.1, 0.15) is 44.9 Å². The number of hydrogen-bond acceptors (Lipinski definition) is 4. The van der Waals surface area contributed by atoms with Crippen LogP contribution in [-0.2, 0) is 14.3 Å². The first-order valence-corrected chi connectivity index (χ1v) is 8.08. The minimum Gasteiger partial charge on any atom is -0.378 e. The number of amides is 2. The van der Waals surface area contributed by atoms with Crippen molar-refractivity contribution in [3.63, 3.8) is 0 Å². The summed E-state index contributed by atoms with van der Waals surface area (Å²) in [5.74, 6) is 0.134. The van der Waals surface area contributed by atoms with Crippen molar-refractivity contribution in [3.05, 3.63) is 0 Å². The lowest BCUT2D eigenvalue weighted by atomic mass is 10.0. The van der Waals surface area contributed by atoms with Gasteiger partial charge in [0.05, 0.1) is 12.5 Å². The van der Waals surface area contributed by atoms with Crippen LogP contribution in [0.25, 0.3) is 0 Å². The molecular formula is C15H27N3O3. The fraction of sp³-hybridized carbons (Fsp3) is 0.867. The molecule has 2 heterocycles. The predicted molar refractivity (Wildman–Crippen MR) is 79.6 cm³/mol. The number of piperidine rings is 1. The molecule has 2 saturated heterocycles. The molecule has 0 aromatic heterocycles. The highest BCUT2D eigenvalue weighted by molar-refractivity contribution is 5.78. The summed E-state index contributed by atoms with van der Waals surface area (Å²) < 4.78 is 5.55. The van der Waals surface area contributed by atoms with Crippen LogP contribution in [0.2, 0.25) is 0 Å². The average molecular weight is 297 g/mol. The number of nitrogens with one attached hydrogen (secondary N) is 1. The molecule has 0 saturated carbocycles. The molecule has 120 valence electrons. The smallest absolute Gasteiger partial charge is 0.225 e. The van der Waals surface area contributed by atoms with E-state index in [1.54, 1.807) is 0 Å². The van der Waals surface area contributed by atoms with Gasteiger partial charge in [-0.3, -0.25) is 9.59 Å². The van der Waals surface area contributed by atoms with E-state index in [9.17, 15) is 9.59 Å². The van der Waals surface area contributed by atoms with Crippen molar-refractivity contribution in [2.75, 3.05) is 26.2 Å². The van der Waals surface area contributed by atoms with Crippen molar-refractivity contribution in [2.45, 2.75) is 57.1 Å². The molecule has 2 unspecified atom stereocenters. The van der Waals surface area contributed by atoms with Gasteiger partial charge >= 0.3 is 0 Å². The van der Waals surface area contributed by atoms with Gasteiger partial charge in [0.15, 0.2) is 0 Å². The van der Waals surface area contributed by atoms with Crippen LogP contribution in [0.4, 0.5) is 0 Å². The fourth-order valence-corrected chi connectivity index (χ4v) is 3.11. The Balaban J connectivity index is 1.82. The monoisotopic (exact) mass is 297 g/mol. The van der Waals surface area contributed by atoms with E-state index in [4.69, 9.17) is 10.5 Å². The predicted octanol–water partition coefficient (Wildman–Crippen LogP) is 0.402. The molecule has 6 heteroatoms. The number of nitrogens with zero attached hydrogens (tertiary/aromatic N) is 1. The third-order valence-corrected chi connectivity index (χ3v) is 4.28. The van der Waals surface area contributed by atoms with Crippen LogP contribution in [0.15, 0.2) is 0 Å². The molecular weight excluding hydrogens is 270 g/mol. The topological polar surface area (TPSA) is 84.7 Å². The number of carbonyl (C=O) groups excluding carboxylic acids is 2. The summed E-state index contributed by atoms with van der Waals surface area (Å²) in [6, 6.07) is 0.120. The van der Waals surface area contributed by atoms with E-state index in [2.05, 4.69) is 5.32 Å². The minimum atomic E-state index is -0.0328. The Morgan fingerprint density at radius 2 is 2.10 bits per heavy atom. The molecule has 2 amide bonds. The molecule has 0 aliphatic carbocycles. The quantitative estimate of drug-likeness (QED) is 0.743. The molecule has 0 aromatic carbocycles. The van der Waals surface area contributed by atoms with Crippen LogP contribution in [0.3, 0.4) is 0 Å². The summed E-state index contributed by atoms with van der Waals surface area (Å²) in [6.07, 6.45) is 6.07. The minimum absolute atomic E-state index is 0.0328. The zero-order valence-electron chi connectivity index (χ0n) is 12.7. The molecule has 3 N–H and O–H groups in total. The van der Waals surface area contributed by atoms with Crippen molar-refractivity contribution in [2.24, 2.45) is 5.73 Å². The molecule has 21 heavy (non-hydrogen) atoms. The first-order chi connectivity index (χ1) is 10.2. The number of ether oxygens (including phenoxy) is 1. The zero-order valence-corrected chi connectivity index (χ0v) is 12.7. The maximum Gasteiger partial charge on any atom is 0.225 e. The van der Waals surface area contributed by atoms with E-state index in [1.807, 2.05) is 4.90 Å². The Hall–Kier alpha value is -1.14. The Morgan fingerprint density at radius 3 is 2.81 bits per heavy atom. The molecule has 2 rings (SSSR count). The Labute approximate surface area is 126 Å². The van der Waals surface area contributed by atoms with E-state index >= 15 is 0 Å². The van der Waals surface area contributed by atoms with E-state index < -0.39 is 0 Å². The van der Waals surface area contributed by atoms with Crippen LogP contribution in [0.5, 0.6) is 0 Å². The number of likely N-dealkylation sites (tertiary alicyclic amines) is 1. The van der Waals surface area contributed by atoms with E-state index in [-0.39, 0.29) is 24.0 Å². The van der Waals surface area contributed by atoms with Crippen molar-refractivity contribution in [3.8, 4) is 0 Å². The molecule has 0 spiro atoms. The summed E-state index contributed by atoms with van der Waals surface area (Å²) in [4.78, 5) is 25.9. The normalized spacial score (nSPS) is 25.9. The second kappa shape index (κ2) is 8.34. The van der Waals surface area contributed by atoms with Gasteiger partial charge in [0.25, 0.3) is 0 Å². The van der Waals surface area contributed by atoms with E-state index in [0.717, 1.165) is 45.3 Å². The number of rotatable bonds is 6.